The third-order valence-corrected chi connectivity index (χ3v) is 5.15. The quantitative estimate of drug-likeness (QED) is 0.834. The van der Waals surface area contributed by atoms with Crippen LogP contribution in [0.5, 0.6) is 0 Å². The Morgan fingerprint density at radius 1 is 1.39 bits per heavy atom. The Labute approximate surface area is 138 Å². The van der Waals surface area contributed by atoms with Gasteiger partial charge in [-0.2, -0.15) is 0 Å². The molecule has 0 radical (unpaired) electrons. The van der Waals surface area contributed by atoms with Gasteiger partial charge in [0.15, 0.2) is 0 Å². The molecule has 1 unspecified atom stereocenters. The van der Waals surface area contributed by atoms with Crippen LogP contribution in [0, 0.1) is 5.92 Å². The van der Waals surface area contributed by atoms with Crippen LogP contribution in [-0.4, -0.2) is 54.8 Å². The fourth-order valence-corrected chi connectivity index (χ4v) is 3.71. The lowest BCUT2D eigenvalue weighted by molar-refractivity contribution is -0.135. The van der Waals surface area contributed by atoms with Crippen molar-refractivity contribution >= 4 is 5.91 Å². The number of likely N-dealkylation sites (tertiary alicyclic amines) is 1. The maximum atomic E-state index is 12.4. The number of amides is 1. The van der Waals surface area contributed by atoms with E-state index in [1.54, 1.807) is 19.5 Å². The standard InChI is InChI=1S/C18H26N2O3/c1-22-11-4-16-13-18(23-14-16)5-9-20(10-6-18)17(21)12-15-2-7-19-8-3-15/h2-3,7-8,16H,4-6,9-14H2,1H3. The van der Waals surface area contributed by atoms with Gasteiger partial charge in [-0.15, -0.1) is 0 Å². The number of hydrogen-bond acceptors (Lipinski definition) is 4. The van der Waals surface area contributed by atoms with Crippen LogP contribution >= 0.6 is 0 Å². The molecule has 2 saturated heterocycles. The number of aromatic nitrogens is 1. The van der Waals surface area contributed by atoms with Crippen LogP contribution in [0.4, 0.5) is 0 Å². The maximum Gasteiger partial charge on any atom is 0.226 e. The van der Waals surface area contributed by atoms with E-state index in [4.69, 9.17) is 9.47 Å². The lowest BCUT2D eigenvalue weighted by Crippen LogP contribution is -2.46. The van der Waals surface area contributed by atoms with Gasteiger partial charge in [0.2, 0.25) is 5.91 Å². The van der Waals surface area contributed by atoms with Crippen molar-refractivity contribution in [2.24, 2.45) is 5.92 Å². The third-order valence-electron chi connectivity index (χ3n) is 5.15. The van der Waals surface area contributed by atoms with Crippen molar-refractivity contribution in [1.82, 2.24) is 9.88 Å². The van der Waals surface area contributed by atoms with Gasteiger partial charge in [-0.05, 0) is 49.3 Å². The zero-order chi connectivity index (χ0) is 16.1. The third kappa shape index (κ3) is 4.09. The van der Waals surface area contributed by atoms with Crippen LogP contribution in [0.1, 0.15) is 31.2 Å². The Morgan fingerprint density at radius 2 is 2.13 bits per heavy atom. The Morgan fingerprint density at radius 3 is 2.83 bits per heavy atom. The normalized spacial score (nSPS) is 23.3. The van der Waals surface area contributed by atoms with Gasteiger partial charge in [0.05, 0.1) is 18.6 Å². The molecule has 23 heavy (non-hydrogen) atoms. The first-order chi connectivity index (χ1) is 11.2. The minimum absolute atomic E-state index is 0.00581. The van der Waals surface area contributed by atoms with E-state index in [-0.39, 0.29) is 11.5 Å². The predicted octanol–water partition coefficient (Wildman–Crippen LogP) is 2.06. The van der Waals surface area contributed by atoms with E-state index in [9.17, 15) is 4.79 Å². The first kappa shape index (κ1) is 16.4. The van der Waals surface area contributed by atoms with E-state index < -0.39 is 0 Å². The number of carbonyl (C=O) groups is 1. The molecule has 3 rings (SSSR count). The van der Waals surface area contributed by atoms with Crippen molar-refractivity contribution in [3.63, 3.8) is 0 Å². The molecule has 126 valence electrons. The molecular weight excluding hydrogens is 292 g/mol. The summed E-state index contributed by atoms with van der Waals surface area (Å²) in [6.07, 6.45) is 8.04. The fraction of sp³-hybridized carbons (Fsp3) is 0.667. The van der Waals surface area contributed by atoms with Gasteiger partial charge in [0, 0.05) is 39.2 Å². The molecule has 1 atom stereocenters. The monoisotopic (exact) mass is 318 g/mol. The summed E-state index contributed by atoms with van der Waals surface area (Å²) in [5.74, 6) is 0.814. The topological polar surface area (TPSA) is 51.7 Å². The van der Waals surface area contributed by atoms with Crippen LogP contribution in [0.3, 0.4) is 0 Å². The minimum Gasteiger partial charge on any atom is -0.385 e. The van der Waals surface area contributed by atoms with Gasteiger partial charge in [-0.1, -0.05) is 0 Å². The second-order valence-electron chi connectivity index (χ2n) is 6.76. The number of ether oxygens (including phenoxy) is 2. The molecule has 5 nitrogen and oxygen atoms in total. The van der Waals surface area contributed by atoms with Crippen LogP contribution in [0.2, 0.25) is 0 Å². The molecule has 1 aromatic heterocycles. The summed E-state index contributed by atoms with van der Waals surface area (Å²) >= 11 is 0. The van der Waals surface area contributed by atoms with Crippen molar-refractivity contribution in [2.75, 3.05) is 33.4 Å². The van der Waals surface area contributed by atoms with Crippen molar-refractivity contribution < 1.29 is 14.3 Å². The molecule has 2 aliphatic rings. The van der Waals surface area contributed by atoms with Crippen molar-refractivity contribution in [3.05, 3.63) is 30.1 Å². The average molecular weight is 318 g/mol. The molecule has 0 aromatic carbocycles. The van der Waals surface area contributed by atoms with Crippen LogP contribution < -0.4 is 0 Å². The Hall–Kier alpha value is -1.46. The molecule has 0 saturated carbocycles. The highest BCUT2D eigenvalue weighted by Gasteiger charge is 2.42. The van der Waals surface area contributed by atoms with Gasteiger partial charge < -0.3 is 14.4 Å². The molecule has 2 fully saturated rings. The maximum absolute atomic E-state index is 12.4. The number of hydrogen-bond donors (Lipinski definition) is 0. The van der Waals surface area contributed by atoms with Crippen molar-refractivity contribution in [3.8, 4) is 0 Å². The lowest BCUT2D eigenvalue weighted by atomic mass is 9.84. The first-order valence-electron chi connectivity index (χ1n) is 8.50. The Balaban J connectivity index is 1.48. The molecule has 1 amide bonds. The highest BCUT2D eigenvalue weighted by molar-refractivity contribution is 5.78. The summed E-state index contributed by atoms with van der Waals surface area (Å²) in [6.45, 7) is 3.26. The summed E-state index contributed by atoms with van der Waals surface area (Å²) in [4.78, 5) is 18.4. The highest BCUT2D eigenvalue weighted by Crippen LogP contribution is 2.39. The van der Waals surface area contributed by atoms with Gasteiger partial charge in [0.25, 0.3) is 0 Å². The van der Waals surface area contributed by atoms with E-state index in [0.29, 0.717) is 12.3 Å². The minimum atomic E-state index is 0.00581. The Kier molecular flexibility index (Phi) is 5.28. The van der Waals surface area contributed by atoms with E-state index in [0.717, 1.165) is 57.6 Å². The molecule has 1 aromatic rings. The second-order valence-corrected chi connectivity index (χ2v) is 6.76. The number of pyridine rings is 1. The van der Waals surface area contributed by atoms with E-state index >= 15 is 0 Å². The first-order valence-corrected chi connectivity index (χ1v) is 8.50. The number of nitrogens with zero attached hydrogens (tertiary/aromatic N) is 2. The Bertz CT molecular complexity index is 512. The zero-order valence-electron chi connectivity index (χ0n) is 13.9. The molecule has 1 spiro atoms. The SMILES string of the molecule is COCCC1COC2(CCN(C(=O)Cc3ccncc3)CC2)C1. The zero-order valence-corrected chi connectivity index (χ0v) is 13.9. The summed E-state index contributed by atoms with van der Waals surface area (Å²) < 4.78 is 11.3. The van der Waals surface area contributed by atoms with Gasteiger partial charge in [-0.3, -0.25) is 9.78 Å². The predicted molar refractivity (Wildman–Crippen MR) is 87.0 cm³/mol. The van der Waals surface area contributed by atoms with Gasteiger partial charge >= 0.3 is 0 Å². The fourth-order valence-electron chi connectivity index (χ4n) is 3.71. The average Bonchev–Trinajstić information content (AvgIpc) is 2.97. The van der Waals surface area contributed by atoms with Gasteiger partial charge in [0.1, 0.15) is 0 Å². The highest BCUT2D eigenvalue weighted by atomic mass is 16.5. The summed E-state index contributed by atoms with van der Waals surface area (Å²) in [5.41, 5.74) is 1.04. The van der Waals surface area contributed by atoms with Crippen molar-refractivity contribution in [2.45, 2.75) is 37.7 Å². The van der Waals surface area contributed by atoms with Crippen LogP contribution in [0.25, 0.3) is 0 Å². The molecule has 2 aliphatic heterocycles. The molecule has 0 bridgehead atoms. The van der Waals surface area contributed by atoms with E-state index in [2.05, 4.69) is 4.98 Å². The molecule has 0 aliphatic carbocycles. The smallest absolute Gasteiger partial charge is 0.226 e. The molecular formula is C18H26N2O3. The largest absolute Gasteiger partial charge is 0.385 e. The molecule has 5 heteroatoms. The van der Waals surface area contributed by atoms with Crippen LogP contribution in [-0.2, 0) is 20.7 Å². The second kappa shape index (κ2) is 7.41. The van der Waals surface area contributed by atoms with Crippen LogP contribution in [0.15, 0.2) is 24.5 Å². The van der Waals surface area contributed by atoms with E-state index in [1.807, 2.05) is 17.0 Å². The molecule has 0 N–H and O–H groups in total. The van der Waals surface area contributed by atoms with Gasteiger partial charge in [-0.25, -0.2) is 0 Å². The summed E-state index contributed by atoms with van der Waals surface area (Å²) in [5, 5.41) is 0. The molecule has 3 heterocycles. The summed E-state index contributed by atoms with van der Waals surface area (Å²) in [7, 11) is 1.75. The van der Waals surface area contributed by atoms with Crippen molar-refractivity contribution in [1.29, 1.82) is 0 Å². The number of methoxy groups -OCH3 is 1. The summed E-state index contributed by atoms with van der Waals surface area (Å²) in [6, 6.07) is 3.81. The number of carbonyl (C=O) groups excluding carboxylic acids is 1. The number of piperidine rings is 1. The van der Waals surface area contributed by atoms with E-state index in [1.165, 1.54) is 0 Å². The number of rotatable bonds is 5. The lowest BCUT2D eigenvalue weighted by Gasteiger charge is -2.38.